The minimum absolute atomic E-state index is 0.240. The number of rotatable bonds is 2. The second-order valence-electron chi connectivity index (χ2n) is 6.48. The summed E-state index contributed by atoms with van der Waals surface area (Å²) in [5, 5.41) is 8.36. The Morgan fingerprint density at radius 1 is 1.46 bits per heavy atom. The van der Waals surface area contributed by atoms with Crippen molar-refractivity contribution in [2.75, 3.05) is 5.32 Å². The lowest BCUT2D eigenvalue weighted by molar-refractivity contribution is 0.102. The van der Waals surface area contributed by atoms with Crippen LogP contribution in [-0.2, 0) is 12.8 Å². The number of hydrogen-bond acceptors (Lipinski definition) is 4. The Labute approximate surface area is 148 Å². The number of aromatic nitrogens is 1. The maximum Gasteiger partial charge on any atom is 0.269 e. The molecule has 0 bridgehead atoms. The molecule has 1 atom stereocenters. The van der Waals surface area contributed by atoms with Crippen LogP contribution in [-0.4, -0.2) is 11.1 Å². The summed E-state index contributed by atoms with van der Waals surface area (Å²) in [6.45, 7) is 4.22. The van der Waals surface area contributed by atoms with Crippen LogP contribution in [0.25, 0.3) is 10.1 Å². The van der Waals surface area contributed by atoms with E-state index in [1.807, 2.05) is 25.1 Å². The fourth-order valence-corrected chi connectivity index (χ4v) is 4.67. The average molecular weight is 361 g/mol. The van der Waals surface area contributed by atoms with Crippen molar-refractivity contribution in [3.05, 3.63) is 44.9 Å². The zero-order valence-corrected chi connectivity index (χ0v) is 15.1. The molecule has 1 aliphatic carbocycles. The van der Waals surface area contributed by atoms with E-state index in [2.05, 4.69) is 17.4 Å². The average Bonchev–Trinajstić information content (AvgIpc) is 3.08. The summed E-state index contributed by atoms with van der Waals surface area (Å²) in [5.74, 6) is 0.797. The summed E-state index contributed by atoms with van der Waals surface area (Å²) < 4.78 is 6.38. The number of amides is 1. The molecule has 1 aliphatic rings. The van der Waals surface area contributed by atoms with Crippen molar-refractivity contribution in [1.82, 2.24) is 5.16 Å². The number of nitrogens with zero attached hydrogens (tertiary/aromatic N) is 1. The highest BCUT2D eigenvalue weighted by atomic mass is 35.5. The fraction of sp³-hybridized carbons (Fsp3) is 0.333. The predicted octanol–water partition coefficient (Wildman–Crippen LogP) is 5.23. The SMILES string of the molecule is Cc1ccc2c(Cl)c(C(=O)Nc3onc4c3C[C@@H](C)CC4)sc2c1. The molecule has 1 aromatic carbocycles. The number of anilines is 1. The molecule has 2 aromatic heterocycles. The first-order chi connectivity index (χ1) is 11.5. The minimum atomic E-state index is -0.240. The van der Waals surface area contributed by atoms with E-state index in [0.717, 1.165) is 46.2 Å². The van der Waals surface area contributed by atoms with Gasteiger partial charge in [-0.1, -0.05) is 35.8 Å². The molecule has 0 fully saturated rings. The third kappa shape index (κ3) is 2.62. The summed E-state index contributed by atoms with van der Waals surface area (Å²) >= 11 is 7.81. The van der Waals surface area contributed by atoms with E-state index in [1.165, 1.54) is 11.3 Å². The quantitative estimate of drug-likeness (QED) is 0.680. The summed E-state index contributed by atoms with van der Waals surface area (Å²) in [7, 11) is 0. The van der Waals surface area contributed by atoms with E-state index >= 15 is 0 Å². The van der Waals surface area contributed by atoms with Crippen LogP contribution in [0.15, 0.2) is 22.7 Å². The van der Waals surface area contributed by atoms with Crippen LogP contribution >= 0.6 is 22.9 Å². The molecule has 0 saturated carbocycles. The number of halogens is 1. The molecule has 0 aliphatic heterocycles. The van der Waals surface area contributed by atoms with E-state index in [1.54, 1.807) is 0 Å². The van der Waals surface area contributed by atoms with E-state index in [4.69, 9.17) is 16.1 Å². The first-order valence-electron chi connectivity index (χ1n) is 8.00. The van der Waals surface area contributed by atoms with Gasteiger partial charge in [0.25, 0.3) is 5.91 Å². The van der Waals surface area contributed by atoms with Gasteiger partial charge >= 0.3 is 0 Å². The molecule has 0 saturated heterocycles. The molecular formula is C18H17ClN2O2S. The highest BCUT2D eigenvalue weighted by molar-refractivity contribution is 7.21. The van der Waals surface area contributed by atoms with Gasteiger partial charge in [0, 0.05) is 15.6 Å². The Kier molecular flexibility index (Phi) is 3.85. The number of aryl methyl sites for hydroxylation is 2. The molecule has 3 aromatic rings. The Bertz CT molecular complexity index is 944. The summed E-state index contributed by atoms with van der Waals surface area (Å²) in [6.07, 6.45) is 2.89. The van der Waals surface area contributed by atoms with Gasteiger partial charge in [-0.3, -0.25) is 10.1 Å². The molecule has 0 unspecified atom stereocenters. The van der Waals surface area contributed by atoms with E-state index in [9.17, 15) is 4.79 Å². The topological polar surface area (TPSA) is 55.1 Å². The Balaban J connectivity index is 1.66. The maximum absolute atomic E-state index is 12.7. The van der Waals surface area contributed by atoms with Gasteiger partial charge in [0.05, 0.1) is 10.7 Å². The molecule has 1 amide bonds. The monoisotopic (exact) mass is 360 g/mol. The van der Waals surface area contributed by atoms with Crippen LogP contribution in [0, 0.1) is 12.8 Å². The molecule has 4 nitrogen and oxygen atoms in total. The number of carbonyl (C=O) groups is 1. The number of fused-ring (bicyclic) bond motifs is 2. The van der Waals surface area contributed by atoms with Crippen molar-refractivity contribution in [3.8, 4) is 0 Å². The second kappa shape index (κ2) is 5.90. The van der Waals surface area contributed by atoms with Crippen molar-refractivity contribution in [3.63, 3.8) is 0 Å². The van der Waals surface area contributed by atoms with Crippen molar-refractivity contribution in [2.24, 2.45) is 5.92 Å². The van der Waals surface area contributed by atoms with Gasteiger partial charge in [-0.05, 0) is 43.7 Å². The minimum Gasteiger partial charge on any atom is -0.338 e. The molecule has 0 radical (unpaired) electrons. The summed E-state index contributed by atoms with van der Waals surface area (Å²) in [4.78, 5) is 13.2. The van der Waals surface area contributed by atoms with Crippen LogP contribution in [0.1, 0.15) is 39.8 Å². The smallest absolute Gasteiger partial charge is 0.269 e. The van der Waals surface area contributed by atoms with Crippen LogP contribution in [0.4, 0.5) is 5.88 Å². The van der Waals surface area contributed by atoms with Crippen LogP contribution in [0.5, 0.6) is 0 Å². The number of hydrogen-bond donors (Lipinski definition) is 1. The van der Waals surface area contributed by atoms with Crippen molar-refractivity contribution >= 4 is 44.8 Å². The lowest BCUT2D eigenvalue weighted by Crippen LogP contribution is -2.15. The molecule has 1 N–H and O–H groups in total. The van der Waals surface area contributed by atoms with E-state index < -0.39 is 0 Å². The highest BCUT2D eigenvalue weighted by Gasteiger charge is 2.26. The largest absolute Gasteiger partial charge is 0.338 e. The van der Waals surface area contributed by atoms with Crippen LogP contribution in [0.3, 0.4) is 0 Å². The number of carbonyl (C=O) groups excluding carboxylic acids is 1. The van der Waals surface area contributed by atoms with Gasteiger partial charge in [0.2, 0.25) is 5.88 Å². The molecule has 124 valence electrons. The summed E-state index contributed by atoms with van der Waals surface area (Å²) in [6, 6.07) is 6.00. The molecule has 4 rings (SSSR count). The van der Waals surface area contributed by atoms with Crippen molar-refractivity contribution in [1.29, 1.82) is 0 Å². The van der Waals surface area contributed by atoms with E-state index in [-0.39, 0.29) is 5.91 Å². The normalized spacial score (nSPS) is 17.0. The van der Waals surface area contributed by atoms with Gasteiger partial charge < -0.3 is 4.52 Å². The fourth-order valence-electron chi connectivity index (χ4n) is 3.16. The maximum atomic E-state index is 12.7. The molecule has 2 heterocycles. The van der Waals surface area contributed by atoms with Crippen LogP contribution < -0.4 is 5.32 Å². The second-order valence-corrected chi connectivity index (χ2v) is 7.91. The van der Waals surface area contributed by atoms with Crippen molar-refractivity contribution in [2.45, 2.75) is 33.1 Å². The standard InChI is InChI=1S/C18H17ClN2O2S/c1-9-4-6-13-12(7-9)18(23-21-13)20-17(22)16-15(19)11-5-3-10(2)8-14(11)24-16/h3,5,8-9H,4,6-7H2,1-2H3,(H,20,22)/t9-/m0/s1. The van der Waals surface area contributed by atoms with Gasteiger partial charge in [0.1, 0.15) is 4.88 Å². The molecule has 6 heteroatoms. The van der Waals surface area contributed by atoms with Gasteiger partial charge in [-0.15, -0.1) is 11.3 Å². The third-order valence-electron chi connectivity index (χ3n) is 4.51. The third-order valence-corrected chi connectivity index (χ3v) is 6.17. The Morgan fingerprint density at radius 3 is 3.12 bits per heavy atom. The number of thiophene rings is 1. The van der Waals surface area contributed by atoms with Gasteiger partial charge in [-0.2, -0.15) is 0 Å². The van der Waals surface area contributed by atoms with Gasteiger partial charge in [0.15, 0.2) is 0 Å². The van der Waals surface area contributed by atoms with Crippen LogP contribution in [0.2, 0.25) is 5.02 Å². The Hall–Kier alpha value is -1.85. The first-order valence-corrected chi connectivity index (χ1v) is 9.20. The zero-order valence-electron chi connectivity index (χ0n) is 13.5. The molecule has 0 spiro atoms. The zero-order chi connectivity index (χ0) is 16.8. The first kappa shape index (κ1) is 15.7. The molecular weight excluding hydrogens is 344 g/mol. The number of nitrogens with one attached hydrogen (secondary N) is 1. The Morgan fingerprint density at radius 2 is 2.29 bits per heavy atom. The highest BCUT2D eigenvalue weighted by Crippen LogP contribution is 2.37. The van der Waals surface area contributed by atoms with Crippen molar-refractivity contribution < 1.29 is 9.32 Å². The molecule has 24 heavy (non-hydrogen) atoms. The number of benzene rings is 1. The van der Waals surface area contributed by atoms with Gasteiger partial charge in [-0.25, -0.2) is 0 Å². The lowest BCUT2D eigenvalue weighted by atomic mass is 9.89. The lowest BCUT2D eigenvalue weighted by Gasteiger charge is -2.16. The predicted molar refractivity (Wildman–Crippen MR) is 97.2 cm³/mol. The summed E-state index contributed by atoms with van der Waals surface area (Å²) in [5.41, 5.74) is 3.13. The van der Waals surface area contributed by atoms with E-state index in [0.29, 0.717) is 21.7 Å².